The number of carbonyl (C=O) groups is 1. The summed E-state index contributed by atoms with van der Waals surface area (Å²) in [4.78, 5) is 17.1. The van der Waals surface area contributed by atoms with Gasteiger partial charge in [0.1, 0.15) is 0 Å². The predicted octanol–water partition coefficient (Wildman–Crippen LogP) is 4.32. The van der Waals surface area contributed by atoms with Gasteiger partial charge in [-0.1, -0.05) is 42.1 Å². The predicted molar refractivity (Wildman–Crippen MR) is 110 cm³/mol. The number of nitrogens with zero attached hydrogens (tertiary/aromatic N) is 4. The normalized spacial score (nSPS) is 12.1. The van der Waals surface area contributed by atoms with Gasteiger partial charge in [0.15, 0.2) is 21.9 Å². The van der Waals surface area contributed by atoms with E-state index in [0.29, 0.717) is 21.9 Å². The number of aromatic nitrogens is 4. The number of thiazole rings is 1. The topological polar surface area (TPSA) is 85.8 Å². The van der Waals surface area contributed by atoms with Crippen LogP contribution in [-0.2, 0) is 11.8 Å². The summed E-state index contributed by atoms with van der Waals surface area (Å²) in [6.07, 6.45) is 1.59. The van der Waals surface area contributed by atoms with E-state index in [1.807, 2.05) is 60.3 Å². The van der Waals surface area contributed by atoms with Gasteiger partial charge in [0, 0.05) is 18.0 Å². The summed E-state index contributed by atoms with van der Waals surface area (Å²) in [5.41, 5.74) is 1.86. The lowest BCUT2D eigenvalue weighted by Crippen LogP contribution is -2.22. The summed E-state index contributed by atoms with van der Waals surface area (Å²) in [5.74, 6) is 1.12. The van der Waals surface area contributed by atoms with E-state index in [-0.39, 0.29) is 11.2 Å². The molecule has 0 radical (unpaired) electrons. The van der Waals surface area contributed by atoms with Crippen LogP contribution in [0.25, 0.3) is 22.8 Å². The van der Waals surface area contributed by atoms with Crippen LogP contribution in [0.1, 0.15) is 6.92 Å². The van der Waals surface area contributed by atoms with Gasteiger partial charge < -0.3 is 14.3 Å². The Kier molecular flexibility index (Phi) is 5.27. The van der Waals surface area contributed by atoms with Crippen LogP contribution in [0.15, 0.2) is 63.7 Å². The molecule has 0 spiro atoms. The van der Waals surface area contributed by atoms with E-state index in [1.165, 1.54) is 23.1 Å². The number of hydrogen-bond donors (Lipinski definition) is 1. The molecule has 4 rings (SSSR count). The zero-order chi connectivity index (χ0) is 19.5. The average Bonchev–Trinajstić information content (AvgIpc) is 3.45. The second-order valence-corrected chi connectivity index (χ2v) is 8.16. The van der Waals surface area contributed by atoms with Gasteiger partial charge in [-0.25, -0.2) is 4.98 Å². The van der Waals surface area contributed by atoms with Crippen LogP contribution in [0, 0.1) is 0 Å². The molecule has 4 aromatic rings. The third-order valence-electron chi connectivity index (χ3n) is 4.03. The van der Waals surface area contributed by atoms with Crippen LogP contribution < -0.4 is 5.32 Å². The maximum atomic E-state index is 12.6. The summed E-state index contributed by atoms with van der Waals surface area (Å²) < 4.78 is 7.17. The summed E-state index contributed by atoms with van der Waals surface area (Å²) >= 11 is 2.74. The first-order valence-corrected chi connectivity index (χ1v) is 10.3. The van der Waals surface area contributed by atoms with E-state index in [2.05, 4.69) is 20.5 Å². The SMILES string of the molecule is C[C@H](Sc1nnc(-c2ccco2)n1C)C(=O)Nc1nc(-c2ccccc2)cs1. The van der Waals surface area contributed by atoms with Crippen LogP contribution in [0.2, 0.25) is 0 Å². The molecule has 0 saturated heterocycles. The van der Waals surface area contributed by atoms with Crippen LogP contribution in [0.3, 0.4) is 0 Å². The van der Waals surface area contributed by atoms with Crippen molar-refractivity contribution in [2.24, 2.45) is 7.05 Å². The van der Waals surface area contributed by atoms with Crippen molar-refractivity contribution in [2.45, 2.75) is 17.3 Å². The van der Waals surface area contributed by atoms with Gasteiger partial charge in [0.25, 0.3) is 0 Å². The Morgan fingerprint density at radius 3 is 2.79 bits per heavy atom. The molecule has 28 heavy (non-hydrogen) atoms. The third-order valence-corrected chi connectivity index (χ3v) is 5.92. The van der Waals surface area contributed by atoms with Gasteiger partial charge in [0.05, 0.1) is 17.2 Å². The Morgan fingerprint density at radius 1 is 1.21 bits per heavy atom. The minimum atomic E-state index is -0.364. The first-order valence-electron chi connectivity index (χ1n) is 8.53. The number of thioether (sulfide) groups is 1. The van der Waals surface area contributed by atoms with Gasteiger partial charge in [-0.3, -0.25) is 4.79 Å². The summed E-state index contributed by atoms with van der Waals surface area (Å²) in [7, 11) is 1.85. The van der Waals surface area contributed by atoms with E-state index in [1.54, 1.807) is 12.3 Å². The fourth-order valence-corrected chi connectivity index (χ4v) is 4.07. The smallest absolute Gasteiger partial charge is 0.239 e. The largest absolute Gasteiger partial charge is 0.461 e. The number of nitrogens with one attached hydrogen (secondary N) is 1. The zero-order valence-corrected chi connectivity index (χ0v) is 16.8. The van der Waals surface area contributed by atoms with Crippen LogP contribution in [0.4, 0.5) is 5.13 Å². The highest BCUT2D eigenvalue weighted by molar-refractivity contribution is 8.00. The number of carbonyl (C=O) groups excluding carboxylic acids is 1. The lowest BCUT2D eigenvalue weighted by Gasteiger charge is -2.09. The van der Waals surface area contributed by atoms with Crippen molar-refractivity contribution in [1.29, 1.82) is 0 Å². The Balaban J connectivity index is 1.41. The first-order chi connectivity index (χ1) is 13.6. The molecule has 0 fully saturated rings. The minimum absolute atomic E-state index is 0.137. The van der Waals surface area contributed by atoms with Gasteiger partial charge in [-0.15, -0.1) is 21.5 Å². The van der Waals surface area contributed by atoms with Crippen molar-refractivity contribution in [1.82, 2.24) is 19.7 Å². The monoisotopic (exact) mass is 411 g/mol. The second-order valence-electron chi connectivity index (χ2n) is 6.00. The second kappa shape index (κ2) is 7.99. The van der Waals surface area contributed by atoms with Crippen molar-refractivity contribution in [3.8, 4) is 22.8 Å². The average molecular weight is 412 g/mol. The minimum Gasteiger partial charge on any atom is -0.461 e. The number of rotatable bonds is 6. The maximum absolute atomic E-state index is 12.6. The van der Waals surface area contributed by atoms with Crippen molar-refractivity contribution in [3.05, 3.63) is 54.1 Å². The molecule has 9 heteroatoms. The first kappa shape index (κ1) is 18.5. The van der Waals surface area contributed by atoms with Gasteiger partial charge in [-0.05, 0) is 19.1 Å². The van der Waals surface area contributed by atoms with Gasteiger partial charge >= 0.3 is 0 Å². The molecule has 0 aliphatic heterocycles. The lowest BCUT2D eigenvalue weighted by atomic mass is 10.2. The molecule has 1 amide bonds. The van der Waals surface area contributed by atoms with Crippen molar-refractivity contribution in [2.75, 3.05) is 5.32 Å². The number of furan rings is 1. The number of hydrogen-bond acceptors (Lipinski definition) is 7. The Hall–Kier alpha value is -2.91. The van der Waals surface area contributed by atoms with E-state index in [9.17, 15) is 4.79 Å². The van der Waals surface area contributed by atoms with Gasteiger partial charge in [-0.2, -0.15) is 0 Å². The Morgan fingerprint density at radius 2 is 2.04 bits per heavy atom. The highest BCUT2D eigenvalue weighted by atomic mass is 32.2. The molecule has 1 aromatic carbocycles. The number of benzene rings is 1. The van der Waals surface area contributed by atoms with E-state index in [0.717, 1.165) is 11.3 Å². The molecule has 7 nitrogen and oxygen atoms in total. The summed E-state index contributed by atoms with van der Waals surface area (Å²) in [6.45, 7) is 1.83. The van der Waals surface area contributed by atoms with Crippen LogP contribution in [-0.4, -0.2) is 30.9 Å². The molecular formula is C19H17N5O2S2. The molecule has 3 heterocycles. The molecule has 3 aromatic heterocycles. The molecule has 1 atom stereocenters. The molecule has 1 N–H and O–H groups in total. The fraction of sp³-hybridized carbons (Fsp3) is 0.158. The molecular weight excluding hydrogens is 394 g/mol. The molecule has 142 valence electrons. The van der Waals surface area contributed by atoms with Gasteiger partial charge in [0.2, 0.25) is 5.91 Å². The van der Waals surface area contributed by atoms with E-state index >= 15 is 0 Å². The summed E-state index contributed by atoms with van der Waals surface area (Å²) in [6, 6.07) is 13.5. The van der Waals surface area contributed by atoms with Crippen molar-refractivity contribution >= 4 is 34.1 Å². The molecule has 0 unspecified atom stereocenters. The Labute approximate surface area is 169 Å². The molecule has 0 bridgehead atoms. The van der Waals surface area contributed by atoms with E-state index < -0.39 is 0 Å². The Bertz CT molecular complexity index is 1070. The number of amides is 1. The maximum Gasteiger partial charge on any atom is 0.239 e. The highest BCUT2D eigenvalue weighted by Crippen LogP contribution is 2.28. The highest BCUT2D eigenvalue weighted by Gasteiger charge is 2.21. The molecule has 0 aliphatic rings. The van der Waals surface area contributed by atoms with E-state index in [4.69, 9.17) is 4.42 Å². The number of anilines is 1. The lowest BCUT2D eigenvalue weighted by molar-refractivity contribution is -0.115. The van der Waals surface area contributed by atoms with Crippen molar-refractivity contribution < 1.29 is 9.21 Å². The summed E-state index contributed by atoms with van der Waals surface area (Å²) in [5, 5.41) is 14.0. The zero-order valence-electron chi connectivity index (χ0n) is 15.2. The van der Waals surface area contributed by atoms with Crippen molar-refractivity contribution in [3.63, 3.8) is 0 Å². The molecule has 0 saturated carbocycles. The molecule has 0 aliphatic carbocycles. The third kappa shape index (κ3) is 3.85. The standard InChI is InChI=1S/C19H17N5O2S2/c1-12(28-19-23-22-16(24(19)2)15-9-6-10-26-15)17(25)21-18-20-14(11-27-18)13-7-4-3-5-8-13/h3-12H,1-2H3,(H,20,21,25)/t12-/m0/s1. The fourth-order valence-electron chi connectivity index (χ4n) is 2.53. The quantitative estimate of drug-likeness (QED) is 0.476. The van der Waals surface area contributed by atoms with Crippen LogP contribution in [0.5, 0.6) is 0 Å². The van der Waals surface area contributed by atoms with Crippen LogP contribution >= 0.6 is 23.1 Å².